The minimum absolute atomic E-state index is 0.135. The molecule has 0 aromatic carbocycles. The fourth-order valence-corrected chi connectivity index (χ4v) is 1.06. The first-order chi connectivity index (χ1) is 6.97. The van der Waals surface area contributed by atoms with Gasteiger partial charge in [-0.15, -0.1) is 0 Å². The lowest BCUT2D eigenvalue weighted by atomic mass is 10.2. The zero-order chi connectivity index (χ0) is 11.3. The van der Waals surface area contributed by atoms with Gasteiger partial charge in [0, 0.05) is 12.4 Å². The zero-order valence-corrected chi connectivity index (χ0v) is 10.7. The normalized spacial score (nSPS) is 11.5. The van der Waals surface area contributed by atoms with E-state index < -0.39 is 0 Å². The minimum Gasteiger partial charge on any atom is -0.461 e. The number of halogens is 1. The highest BCUT2D eigenvalue weighted by molar-refractivity contribution is 9.10. The van der Waals surface area contributed by atoms with Gasteiger partial charge >= 0.3 is 6.01 Å². The van der Waals surface area contributed by atoms with Crippen molar-refractivity contribution in [2.45, 2.75) is 26.4 Å². The molecule has 0 aliphatic heterocycles. The van der Waals surface area contributed by atoms with E-state index in [4.69, 9.17) is 9.47 Å². The molecule has 1 heterocycles. The molecule has 0 saturated heterocycles. The summed E-state index contributed by atoms with van der Waals surface area (Å²) >= 11 is 3.25. The maximum absolute atomic E-state index is 5.48. The van der Waals surface area contributed by atoms with Gasteiger partial charge in [-0.05, 0) is 36.7 Å². The highest BCUT2D eigenvalue weighted by atomic mass is 79.9. The fraction of sp³-hybridized carbons (Fsp3) is 0.600. The summed E-state index contributed by atoms with van der Waals surface area (Å²) in [7, 11) is 0. The number of ether oxygens (including phenoxy) is 2. The van der Waals surface area contributed by atoms with Crippen LogP contribution in [0.1, 0.15) is 20.8 Å². The van der Waals surface area contributed by atoms with E-state index in [9.17, 15) is 0 Å². The van der Waals surface area contributed by atoms with Crippen LogP contribution in [-0.4, -0.2) is 28.8 Å². The number of nitrogens with zero attached hydrogens (tertiary/aromatic N) is 2. The monoisotopic (exact) mass is 274 g/mol. The largest absolute Gasteiger partial charge is 0.461 e. The van der Waals surface area contributed by atoms with E-state index in [1.54, 1.807) is 12.4 Å². The Kier molecular flexibility index (Phi) is 4.47. The van der Waals surface area contributed by atoms with E-state index in [0.29, 0.717) is 19.2 Å². The summed E-state index contributed by atoms with van der Waals surface area (Å²) in [6, 6.07) is 0.371. The van der Waals surface area contributed by atoms with Crippen molar-refractivity contribution >= 4 is 15.9 Å². The molecule has 0 bridgehead atoms. The number of hydrogen-bond acceptors (Lipinski definition) is 4. The molecule has 5 heteroatoms. The third kappa shape index (κ3) is 5.69. The number of rotatable bonds is 4. The average molecular weight is 275 g/mol. The molecule has 15 heavy (non-hydrogen) atoms. The van der Waals surface area contributed by atoms with Gasteiger partial charge in [-0.3, -0.25) is 0 Å². The van der Waals surface area contributed by atoms with Gasteiger partial charge in [0.15, 0.2) is 0 Å². The van der Waals surface area contributed by atoms with Crippen LogP contribution in [-0.2, 0) is 4.74 Å². The predicted molar refractivity (Wildman–Crippen MR) is 60.9 cm³/mol. The molecule has 0 fully saturated rings. The summed E-state index contributed by atoms with van der Waals surface area (Å²) in [4.78, 5) is 7.95. The van der Waals surface area contributed by atoms with Crippen molar-refractivity contribution in [3.8, 4) is 6.01 Å². The van der Waals surface area contributed by atoms with Crippen LogP contribution in [0.4, 0.5) is 0 Å². The van der Waals surface area contributed by atoms with Gasteiger partial charge in [0.2, 0.25) is 0 Å². The Labute approximate surface area is 98.2 Å². The Morgan fingerprint density at radius 2 is 1.80 bits per heavy atom. The summed E-state index contributed by atoms with van der Waals surface area (Å²) in [5.74, 6) is 0. The maximum atomic E-state index is 5.48. The summed E-state index contributed by atoms with van der Waals surface area (Å²) in [6.45, 7) is 7.00. The Balaban J connectivity index is 2.23. The number of hydrogen-bond donors (Lipinski definition) is 0. The van der Waals surface area contributed by atoms with Crippen LogP contribution in [0.25, 0.3) is 0 Å². The van der Waals surface area contributed by atoms with Crippen LogP contribution >= 0.6 is 15.9 Å². The summed E-state index contributed by atoms with van der Waals surface area (Å²) < 4.78 is 11.6. The van der Waals surface area contributed by atoms with E-state index in [-0.39, 0.29) is 5.60 Å². The van der Waals surface area contributed by atoms with Crippen molar-refractivity contribution in [3.63, 3.8) is 0 Å². The smallest absolute Gasteiger partial charge is 0.316 e. The molecule has 1 aromatic heterocycles. The molecule has 4 nitrogen and oxygen atoms in total. The van der Waals surface area contributed by atoms with Crippen molar-refractivity contribution in [3.05, 3.63) is 16.9 Å². The second-order valence-corrected chi connectivity index (χ2v) is 4.91. The molecule has 0 unspecified atom stereocenters. The minimum atomic E-state index is -0.135. The van der Waals surface area contributed by atoms with Crippen LogP contribution < -0.4 is 4.74 Å². The van der Waals surface area contributed by atoms with Crippen LogP contribution in [0.5, 0.6) is 6.01 Å². The lowest BCUT2D eigenvalue weighted by molar-refractivity contribution is -0.0173. The van der Waals surface area contributed by atoms with E-state index in [1.807, 2.05) is 20.8 Å². The average Bonchev–Trinajstić information content (AvgIpc) is 2.14. The maximum Gasteiger partial charge on any atom is 0.316 e. The van der Waals surface area contributed by atoms with Crippen molar-refractivity contribution in [2.75, 3.05) is 13.2 Å². The first-order valence-corrected chi connectivity index (χ1v) is 5.51. The molecule has 0 amide bonds. The Morgan fingerprint density at radius 1 is 1.20 bits per heavy atom. The molecule has 84 valence electrons. The molecular weight excluding hydrogens is 260 g/mol. The highest BCUT2D eigenvalue weighted by Gasteiger charge is 2.09. The summed E-state index contributed by atoms with van der Waals surface area (Å²) in [5.41, 5.74) is -0.135. The molecule has 1 rings (SSSR count). The van der Waals surface area contributed by atoms with Gasteiger partial charge in [-0.1, -0.05) is 0 Å². The molecule has 0 radical (unpaired) electrons. The lowest BCUT2D eigenvalue weighted by Gasteiger charge is -2.19. The SMILES string of the molecule is CC(C)(C)OCCOc1ncc(Br)cn1. The van der Waals surface area contributed by atoms with Crippen molar-refractivity contribution in [1.82, 2.24) is 9.97 Å². The van der Waals surface area contributed by atoms with Crippen LogP contribution in [0.15, 0.2) is 16.9 Å². The van der Waals surface area contributed by atoms with Gasteiger partial charge < -0.3 is 9.47 Å². The molecule has 0 aliphatic rings. The number of aromatic nitrogens is 2. The molecular formula is C10H15BrN2O2. The predicted octanol–water partition coefficient (Wildman–Crippen LogP) is 2.43. The van der Waals surface area contributed by atoms with Crippen LogP contribution in [0.2, 0.25) is 0 Å². The van der Waals surface area contributed by atoms with Crippen molar-refractivity contribution < 1.29 is 9.47 Å². The van der Waals surface area contributed by atoms with Gasteiger partial charge in [0.25, 0.3) is 0 Å². The van der Waals surface area contributed by atoms with E-state index in [0.717, 1.165) is 4.47 Å². The molecule has 0 spiro atoms. The highest BCUT2D eigenvalue weighted by Crippen LogP contribution is 2.09. The first kappa shape index (κ1) is 12.4. The van der Waals surface area contributed by atoms with Crippen LogP contribution in [0, 0.1) is 0 Å². The molecule has 0 aliphatic carbocycles. The zero-order valence-electron chi connectivity index (χ0n) is 9.16. The Morgan fingerprint density at radius 3 is 2.33 bits per heavy atom. The molecule has 0 saturated carbocycles. The van der Waals surface area contributed by atoms with Crippen molar-refractivity contribution in [2.24, 2.45) is 0 Å². The summed E-state index contributed by atoms with van der Waals surface area (Å²) in [6.07, 6.45) is 3.29. The Bertz CT molecular complexity index is 295. The quantitative estimate of drug-likeness (QED) is 0.792. The van der Waals surface area contributed by atoms with Gasteiger partial charge in [-0.2, -0.15) is 0 Å². The van der Waals surface area contributed by atoms with Crippen LogP contribution in [0.3, 0.4) is 0 Å². The molecule has 0 atom stereocenters. The van der Waals surface area contributed by atoms with Gasteiger partial charge in [0.1, 0.15) is 6.61 Å². The lowest BCUT2D eigenvalue weighted by Crippen LogP contribution is -2.22. The fourth-order valence-electron chi connectivity index (χ4n) is 0.856. The second kappa shape index (κ2) is 5.42. The van der Waals surface area contributed by atoms with E-state index >= 15 is 0 Å². The third-order valence-electron chi connectivity index (χ3n) is 1.45. The molecule has 1 aromatic rings. The third-order valence-corrected chi connectivity index (χ3v) is 1.86. The van der Waals surface area contributed by atoms with E-state index in [1.165, 1.54) is 0 Å². The summed E-state index contributed by atoms with van der Waals surface area (Å²) in [5, 5.41) is 0. The van der Waals surface area contributed by atoms with Gasteiger partial charge in [0.05, 0.1) is 16.7 Å². The standard InChI is InChI=1S/C10H15BrN2O2/c1-10(2,3)15-5-4-14-9-12-6-8(11)7-13-9/h6-7H,4-5H2,1-3H3. The topological polar surface area (TPSA) is 44.2 Å². The second-order valence-electron chi connectivity index (χ2n) is 3.99. The Hall–Kier alpha value is -0.680. The first-order valence-electron chi connectivity index (χ1n) is 4.72. The van der Waals surface area contributed by atoms with Gasteiger partial charge in [-0.25, -0.2) is 9.97 Å². The molecule has 0 N–H and O–H groups in total. The van der Waals surface area contributed by atoms with Crippen molar-refractivity contribution in [1.29, 1.82) is 0 Å². The van der Waals surface area contributed by atoms with E-state index in [2.05, 4.69) is 25.9 Å².